The van der Waals surface area contributed by atoms with E-state index in [4.69, 9.17) is 0 Å². The first-order valence-electron chi connectivity index (χ1n) is 6.50. The van der Waals surface area contributed by atoms with Crippen molar-refractivity contribution in [1.82, 2.24) is 4.90 Å². The molecule has 0 spiro atoms. The topological polar surface area (TPSA) is 69.6 Å². The fourth-order valence-corrected chi connectivity index (χ4v) is 1.99. The molecule has 1 aromatic rings. The Morgan fingerprint density at radius 2 is 2.00 bits per heavy atom. The summed E-state index contributed by atoms with van der Waals surface area (Å²) in [5.41, 5.74) is 0.318. The minimum atomic E-state index is -1.04. The van der Waals surface area contributed by atoms with Crippen molar-refractivity contribution in [3.8, 4) is 0 Å². The summed E-state index contributed by atoms with van der Waals surface area (Å²) in [5, 5.41) is 11.7. The van der Waals surface area contributed by atoms with Crippen molar-refractivity contribution in [1.29, 1.82) is 0 Å². The van der Waals surface area contributed by atoms with E-state index in [1.54, 1.807) is 11.0 Å². The highest BCUT2D eigenvalue weighted by molar-refractivity contribution is 5.94. The second kappa shape index (κ2) is 7.59. The summed E-state index contributed by atoms with van der Waals surface area (Å²) in [6.07, 6.45) is -0.173. The number of rotatable bonds is 7. The summed E-state index contributed by atoms with van der Waals surface area (Å²) in [7, 11) is 0. The highest BCUT2D eigenvalue weighted by Gasteiger charge is 2.26. The molecule has 1 amide bonds. The molecule has 0 saturated heterocycles. The maximum absolute atomic E-state index is 13.0. The molecule has 0 radical (unpaired) electrons. The molecule has 1 unspecified atom stereocenters. The number of benzene rings is 1. The third-order valence-corrected chi connectivity index (χ3v) is 3.03. The largest absolute Gasteiger partial charge is 0.480 e. The van der Waals surface area contributed by atoms with E-state index in [1.165, 1.54) is 18.2 Å². The first-order valence-corrected chi connectivity index (χ1v) is 6.50. The van der Waals surface area contributed by atoms with Gasteiger partial charge in [-0.15, -0.1) is 0 Å². The van der Waals surface area contributed by atoms with Crippen molar-refractivity contribution in [2.24, 2.45) is 0 Å². The smallest absolute Gasteiger partial charge is 0.321 e. The first-order chi connectivity index (χ1) is 9.47. The molecule has 1 rings (SSSR count). The molecule has 0 aliphatic heterocycles. The molecule has 0 aliphatic carbocycles. The summed E-state index contributed by atoms with van der Waals surface area (Å²) < 4.78 is 13.0. The Balaban J connectivity index is 2.69. The molecular weight excluding hydrogens is 263 g/mol. The Bertz CT molecular complexity index is 475. The van der Waals surface area contributed by atoms with Gasteiger partial charge in [0.15, 0.2) is 0 Å². The second-order valence-corrected chi connectivity index (χ2v) is 4.34. The van der Waals surface area contributed by atoms with Gasteiger partial charge in [0, 0.05) is 5.69 Å². The van der Waals surface area contributed by atoms with E-state index in [9.17, 15) is 19.1 Å². The number of halogens is 1. The molecule has 110 valence electrons. The van der Waals surface area contributed by atoms with Gasteiger partial charge in [0.05, 0.1) is 6.42 Å². The number of hydrogen-bond donors (Lipinski definition) is 2. The molecular formula is C14H19FN2O3. The number of likely N-dealkylation sites (N-methyl/N-ethyl adjacent to an activating group) is 1. The van der Waals surface area contributed by atoms with Gasteiger partial charge in [-0.05, 0) is 31.3 Å². The third kappa shape index (κ3) is 4.62. The number of amides is 1. The zero-order chi connectivity index (χ0) is 15.1. The van der Waals surface area contributed by atoms with E-state index in [1.807, 2.05) is 13.8 Å². The normalized spacial score (nSPS) is 12.2. The van der Waals surface area contributed by atoms with Crippen molar-refractivity contribution in [3.63, 3.8) is 0 Å². The van der Waals surface area contributed by atoms with E-state index >= 15 is 0 Å². The third-order valence-electron chi connectivity index (χ3n) is 3.03. The predicted octanol–water partition coefficient (Wildman–Crippen LogP) is 1.95. The van der Waals surface area contributed by atoms with E-state index in [0.29, 0.717) is 18.8 Å². The van der Waals surface area contributed by atoms with Crippen LogP contribution in [0, 0.1) is 5.82 Å². The van der Waals surface area contributed by atoms with Crippen LogP contribution in [0.4, 0.5) is 10.1 Å². The highest BCUT2D eigenvalue weighted by atomic mass is 19.1. The molecule has 0 saturated carbocycles. The molecule has 0 fully saturated rings. The number of carbonyl (C=O) groups is 2. The van der Waals surface area contributed by atoms with E-state index < -0.39 is 23.7 Å². The lowest BCUT2D eigenvalue weighted by atomic mass is 10.1. The average molecular weight is 282 g/mol. The van der Waals surface area contributed by atoms with E-state index in [2.05, 4.69) is 5.32 Å². The van der Waals surface area contributed by atoms with Crippen molar-refractivity contribution in [2.75, 3.05) is 18.4 Å². The minimum absolute atomic E-state index is 0.173. The highest BCUT2D eigenvalue weighted by Crippen LogP contribution is 2.11. The summed E-state index contributed by atoms with van der Waals surface area (Å²) in [4.78, 5) is 24.8. The van der Waals surface area contributed by atoms with E-state index in [0.717, 1.165) is 0 Å². The van der Waals surface area contributed by atoms with Gasteiger partial charge >= 0.3 is 5.97 Å². The first kappa shape index (κ1) is 16.1. The van der Waals surface area contributed by atoms with Gasteiger partial charge in [-0.3, -0.25) is 14.5 Å². The molecule has 0 aliphatic rings. The van der Waals surface area contributed by atoms with Gasteiger partial charge in [-0.2, -0.15) is 0 Å². The molecule has 1 aromatic carbocycles. The van der Waals surface area contributed by atoms with Crippen molar-refractivity contribution < 1.29 is 19.1 Å². The monoisotopic (exact) mass is 282 g/mol. The number of carboxylic acid groups (broad SMARTS) is 1. The number of anilines is 1. The molecule has 0 bridgehead atoms. The number of aliphatic carboxylic acids is 1. The summed E-state index contributed by atoms with van der Waals surface area (Å²) in [6, 6.07) is 4.60. The van der Waals surface area contributed by atoms with Crippen LogP contribution in [-0.2, 0) is 9.59 Å². The Kier molecular flexibility index (Phi) is 6.11. The number of nitrogens with one attached hydrogen (secondary N) is 1. The molecule has 20 heavy (non-hydrogen) atoms. The SMILES string of the molecule is CCN(CC)C(CC(=O)Nc1cccc(F)c1)C(=O)O. The van der Waals surface area contributed by atoms with E-state index in [-0.39, 0.29) is 6.42 Å². The molecule has 6 heteroatoms. The van der Waals surface area contributed by atoms with Crippen LogP contribution in [-0.4, -0.2) is 41.0 Å². The molecule has 0 aromatic heterocycles. The summed E-state index contributed by atoms with van der Waals surface area (Å²) in [5.74, 6) is -1.95. The van der Waals surface area contributed by atoms with Gasteiger partial charge in [0.1, 0.15) is 11.9 Å². The zero-order valence-corrected chi connectivity index (χ0v) is 11.6. The maximum Gasteiger partial charge on any atom is 0.321 e. The average Bonchev–Trinajstić information content (AvgIpc) is 2.38. The van der Waals surface area contributed by atoms with Crippen molar-refractivity contribution in [3.05, 3.63) is 30.1 Å². The van der Waals surface area contributed by atoms with Gasteiger partial charge in [-0.1, -0.05) is 19.9 Å². The van der Waals surface area contributed by atoms with Gasteiger partial charge in [0.25, 0.3) is 0 Å². The fourth-order valence-electron chi connectivity index (χ4n) is 1.99. The van der Waals surface area contributed by atoms with Crippen LogP contribution in [0.25, 0.3) is 0 Å². The lowest BCUT2D eigenvalue weighted by Crippen LogP contribution is -2.43. The standard InChI is InChI=1S/C14H19FN2O3/c1-3-17(4-2)12(14(19)20)9-13(18)16-11-7-5-6-10(15)8-11/h5-8,12H,3-4,9H2,1-2H3,(H,16,18)(H,19,20). The number of hydrogen-bond acceptors (Lipinski definition) is 3. The number of carbonyl (C=O) groups excluding carboxylic acids is 1. The van der Waals surface area contributed by atoms with Crippen LogP contribution >= 0.6 is 0 Å². The Morgan fingerprint density at radius 3 is 2.50 bits per heavy atom. The van der Waals surface area contributed by atoms with Crippen molar-refractivity contribution >= 4 is 17.6 Å². The second-order valence-electron chi connectivity index (χ2n) is 4.34. The van der Waals surface area contributed by atoms with Crippen LogP contribution in [0.1, 0.15) is 20.3 Å². The van der Waals surface area contributed by atoms with Crippen LogP contribution < -0.4 is 5.32 Å². The van der Waals surface area contributed by atoms with Gasteiger partial charge in [-0.25, -0.2) is 4.39 Å². The van der Waals surface area contributed by atoms with Crippen LogP contribution in [0.2, 0.25) is 0 Å². The van der Waals surface area contributed by atoms with Crippen LogP contribution in [0.3, 0.4) is 0 Å². The minimum Gasteiger partial charge on any atom is -0.480 e. The van der Waals surface area contributed by atoms with Gasteiger partial charge in [0.2, 0.25) is 5.91 Å². The Labute approximate surface area is 117 Å². The maximum atomic E-state index is 13.0. The molecule has 0 heterocycles. The molecule has 5 nitrogen and oxygen atoms in total. The molecule has 2 N–H and O–H groups in total. The van der Waals surface area contributed by atoms with Gasteiger partial charge < -0.3 is 10.4 Å². The summed E-state index contributed by atoms with van der Waals surface area (Å²) >= 11 is 0. The zero-order valence-electron chi connectivity index (χ0n) is 11.6. The number of nitrogens with zero attached hydrogens (tertiary/aromatic N) is 1. The fraction of sp³-hybridized carbons (Fsp3) is 0.429. The van der Waals surface area contributed by atoms with Crippen LogP contribution in [0.15, 0.2) is 24.3 Å². The summed E-state index contributed by atoms with van der Waals surface area (Å²) in [6.45, 7) is 4.76. The molecule has 1 atom stereocenters. The van der Waals surface area contributed by atoms with Crippen LogP contribution in [0.5, 0.6) is 0 Å². The lowest BCUT2D eigenvalue weighted by molar-refractivity contribution is -0.145. The lowest BCUT2D eigenvalue weighted by Gasteiger charge is -2.25. The quantitative estimate of drug-likeness (QED) is 0.802. The Hall–Kier alpha value is -1.95. The number of carboxylic acids is 1. The Morgan fingerprint density at radius 1 is 1.35 bits per heavy atom. The van der Waals surface area contributed by atoms with Crippen molar-refractivity contribution in [2.45, 2.75) is 26.3 Å². The predicted molar refractivity (Wildman–Crippen MR) is 74.0 cm³/mol.